The number of carbonyl (C=O) groups excluding carboxylic acids is 3. The van der Waals surface area contributed by atoms with Gasteiger partial charge < -0.3 is 21.3 Å². The zero-order valence-corrected chi connectivity index (χ0v) is 23.2. The zero-order chi connectivity index (χ0) is 28.3. The quantitative estimate of drug-likeness (QED) is 0.296. The van der Waals surface area contributed by atoms with E-state index in [9.17, 15) is 14.4 Å². The Balaban J connectivity index is 1.06. The van der Waals surface area contributed by atoms with Gasteiger partial charge in [-0.05, 0) is 86.8 Å². The molecule has 2 aliphatic heterocycles. The van der Waals surface area contributed by atoms with Gasteiger partial charge in [-0.1, -0.05) is 30.3 Å². The Hall–Kier alpha value is -4.20. The van der Waals surface area contributed by atoms with E-state index in [1.165, 1.54) is 12.8 Å². The van der Waals surface area contributed by atoms with E-state index in [1.807, 2.05) is 42.5 Å². The number of Topliss-reactive ketones (excluding diaryl/α,β-unsaturated/α-hetero) is 1. The molecule has 3 aromatic rings. The summed E-state index contributed by atoms with van der Waals surface area (Å²) in [4.78, 5) is 44.9. The fraction of sp³-hybridized carbons (Fsp3) is 0.394. The number of benzene rings is 2. The number of primary amides is 1. The minimum atomic E-state index is -0.502. The first-order chi connectivity index (χ1) is 19.9. The molecule has 4 N–H and O–H groups in total. The number of hydrogen-bond acceptors (Lipinski definition) is 6. The molecular weight excluding hydrogens is 514 g/mol. The van der Waals surface area contributed by atoms with Gasteiger partial charge in [-0.3, -0.25) is 14.4 Å². The van der Waals surface area contributed by atoms with E-state index in [1.54, 1.807) is 24.4 Å². The number of carbonyl (C=O) groups is 3. The fourth-order valence-corrected chi connectivity index (χ4v) is 6.31. The van der Waals surface area contributed by atoms with Crippen LogP contribution in [0.15, 0.2) is 66.9 Å². The second-order valence-corrected chi connectivity index (χ2v) is 11.7. The molecule has 2 unspecified atom stereocenters. The maximum atomic E-state index is 13.2. The zero-order valence-electron chi connectivity index (χ0n) is 23.2. The number of piperidine rings is 1. The highest BCUT2D eigenvalue weighted by molar-refractivity contribution is 6.02. The lowest BCUT2D eigenvalue weighted by molar-refractivity contribution is 0.0924. The van der Waals surface area contributed by atoms with Crippen molar-refractivity contribution in [2.45, 2.75) is 69.5 Å². The Morgan fingerprint density at radius 2 is 1.63 bits per heavy atom. The average molecular weight is 552 g/mol. The Morgan fingerprint density at radius 1 is 0.902 bits per heavy atom. The smallest absolute Gasteiger partial charge is 0.251 e. The van der Waals surface area contributed by atoms with Gasteiger partial charge in [0.2, 0.25) is 0 Å². The minimum Gasteiger partial charge on any atom is -0.384 e. The number of anilines is 2. The summed E-state index contributed by atoms with van der Waals surface area (Å²) in [6.45, 7) is 0.782. The largest absolute Gasteiger partial charge is 0.384 e. The first-order valence-corrected chi connectivity index (χ1v) is 14.7. The number of fused-ring (bicyclic) bond motifs is 2. The van der Waals surface area contributed by atoms with Crippen molar-refractivity contribution in [1.82, 2.24) is 10.3 Å². The number of nitrogens with zero attached hydrogens (tertiary/aromatic N) is 2. The fourth-order valence-electron chi connectivity index (χ4n) is 6.31. The summed E-state index contributed by atoms with van der Waals surface area (Å²) in [7, 11) is 0. The molecular formula is C33H37N5O3. The van der Waals surface area contributed by atoms with Crippen LogP contribution in [0.2, 0.25) is 0 Å². The number of pyridine rings is 1. The summed E-state index contributed by atoms with van der Waals surface area (Å²) in [5.41, 5.74) is 8.92. The van der Waals surface area contributed by atoms with Gasteiger partial charge in [0.05, 0.1) is 5.56 Å². The van der Waals surface area contributed by atoms with E-state index >= 15 is 0 Å². The average Bonchev–Trinajstić information content (AvgIpc) is 3.78. The van der Waals surface area contributed by atoms with Crippen LogP contribution < -0.4 is 21.3 Å². The predicted octanol–water partition coefficient (Wildman–Crippen LogP) is 4.75. The molecule has 2 bridgehead atoms. The van der Waals surface area contributed by atoms with Crippen molar-refractivity contribution in [3.63, 3.8) is 0 Å². The first kappa shape index (κ1) is 27.0. The van der Waals surface area contributed by atoms with Gasteiger partial charge in [0.25, 0.3) is 11.8 Å². The van der Waals surface area contributed by atoms with Gasteiger partial charge in [0, 0.05) is 54.1 Å². The van der Waals surface area contributed by atoms with Gasteiger partial charge >= 0.3 is 0 Å². The van der Waals surface area contributed by atoms with Crippen LogP contribution in [0.25, 0.3) is 0 Å². The maximum Gasteiger partial charge on any atom is 0.251 e. The molecule has 1 saturated carbocycles. The SMILES string of the molecule is NC(=O)c1ccc(C(=O)NC2CC3CCC(C2)N3c2ccc(C(=O)CCc3ccccc3)cn2)cc1NCC1CC1. The van der Waals surface area contributed by atoms with E-state index in [4.69, 9.17) is 10.7 Å². The summed E-state index contributed by atoms with van der Waals surface area (Å²) in [6, 6.07) is 19.6. The van der Waals surface area contributed by atoms with Crippen molar-refractivity contribution in [2.24, 2.45) is 11.7 Å². The standard InChI is InChI=1S/C33H37N5O3/c34-32(40)28-13-9-23(16-29(28)35-19-22-6-7-22)33(41)37-25-17-26-11-12-27(18-25)38(26)31-15-10-24(20-36-31)30(39)14-8-21-4-2-1-3-5-21/h1-5,9-10,13,15-16,20,22,25-27,35H,6-8,11-12,14,17-19H2,(H2,34,40)(H,37,41). The van der Waals surface area contributed by atoms with Gasteiger partial charge in [0.1, 0.15) is 5.82 Å². The summed E-state index contributed by atoms with van der Waals surface area (Å²) in [6.07, 6.45) is 9.06. The third kappa shape index (κ3) is 6.26. The minimum absolute atomic E-state index is 0.0637. The van der Waals surface area contributed by atoms with Crippen LogP contribution in [-0.4, -0.2) is 47.3 Å². The summed E-state index contributed by atoms with van der Waals surface area (Å²) in [5, 5.41) is 6.55. The highest BCUT2D eigenvalue weighted by Crippen LogP contribution is 2.39. The molecule has 2 saturated heterocycles. The van der Waals surface area contributed by atoms with Crippen LogP contribution in [0.3, 0.4) is 0 Å². The molecule has 1 aliphatic carbocycles. The lowest BCUT2D eigenvalue weighted by Crippen LogP contribution is -2.50. The molecule has 3 aliphatic rings. The molecule has 0 radical (unpaired) electrons. The van der Waals surface area contributed by atoms with E-state index in [0.29, 0.717) is 46.8 Å². The van der Waals surface area contributed by atoms with E-state index in [2.05, 4.69) is 15.5 Å². The van der Waals surface area contributed by atoms with Gasteiger partial charge in [0.15, 0.2) is 5.78 Å². The van der Waals surface area contributed by atoms with E-state index in [-0.39, 0.29) is 17.7 Å². The number of hydrogen-bond donors (Lipinski definition) is 3. The number of aromatic nitrogens is 1. The number of ketones is 1. The van der Waals surface area contributed by atoms with Crippen molar-refractivity contribution in [3.05, 3.63) is 89.1 Å². The topological polar surface area (TPSA) is 117 Å². The molecule has 3 heterocycles. The third-order valence-electron chi connectivity index (χ3n) is 8.71. The summed E-state index contributed by atoms with van der Waals surface area (Å²) >= 11 is 0. The van der Waals surface area contributed by atoms with Crippen molar-refractivity contribution in [2.75, 3.05) is 16.8 Å². The van der Waals surface area contributed by atoms with Crippen LogP contribution in [0.4, 0.5) is 11.5 Å². The second-order valence-electron chi connectivity index (χ2n) is 11.7. The molecule has 212 valence electrons. The second kappa shape index (κ2) is 11.7. The molecule has 8 heteroatoms. The molecule has 6 rings (SSSR count). The van der Waals surface area contributed by atoms with E-state index < -0.39 is 5.91 Å². The highest BCUT2D eigenvalue weighted by Gasteiger charge is 2.42. The Morgan fingerprint density at radius 3 is 2.29 bits per heavy atom. The Bertz CT molecular complexity index is 1410. The molecule has 2 amide bonds. The summed E-state index contributed by atoms with van der Waals surface area (Å²) in [5.74, 6) is 0.990. The van der Waals surface area contributed by atoms with Crippen molar-refractivity contribution < 1.29 is 14.4 Å². The van der Waals surface area contributed by atoms with Gasteiger partial charge in [-0.2, -0.15) is 0 Å². The maximum absolute atomic E-state index is 13.2. The van der Waals surface area contributed by atoms with Crippen LogP contribution in [0, 0.1) is 5.92 Å². The van der Waals surface area contributed by atoms with Gasteiger partial charge in [-0.25, -0.2) is 4.98 Å². The Labute approximate surface area is 240 Å². The lowest BCUT2D eigenvalue weighted by Gasteiger charge is -2.40. The number of nitrogens with two attached hydrogens (primary N) is 1. The van der Waals surface area contributed by atoms with Crippen molar-refractivity contribution >= 4 is 29.1 Å². The van der Waals surface area contributed by atoms with Crippen LogP contribution in [-0.2, 0) is 6.42 Å². The normalized spacial score (nSPS) is 21.4. The molecule has 41 heavy (non-hydrogen) atoms. The third-order valence-corrected chi connectivity index (χ3v) is 8.71. The molecule has 3 fully saturated rings. The van der Waals surface area contributed by atoms with Gasteiger partial charge in [-0.15, -0.1) is 0 Å². The molecule has 0 spiro atoms. The molecule has 8 nitrogen and oxygen atoms in total. The molecule has 2 atom stereocenters. The molecule has 2 aromatic carbocycles. The molecule has 1 aromatic heterocycles. The van der Waals surface area contributed by atoms with Crippen LogP contribution >= 0.6 is 0 Å². The number of nitrogens with one attached hydrogen (secondary N) is 2. The predicted molar refractivity (Wildman–Crippen MR) is 159 cm³/mol. The van der Waals surface area contributed by atoms with Crippen molar-refractivity contribution in [1.29, 1.82) is 0 Å². The van der Waals surface area contributed by atoms with Crippen molar-refractivity contribution in [3.8, 4) is 0 Å². The Kier molecular flexibility index (Phi) is 7.72. The van der Waals surface area contributed by atoms with Crippen LogP contribution in [0.5, 0.6) is 0 Å². The summed E-state index contributed by atoms with van der Waals surface area (Å²) < 4.78 is 0. The number of aryl methyl sites for hydroxylation is 1. The monoisotopic (exact) mass is 551 g/mol. The number of rotatable bonds is 11. The first-order valence-electron chi connectivity index (χ1n) is 14.7. The number of amides is 2. The van der Waals surface area contributed by atoms with E-state index in [0.717, 1.165) is 50.0 Å². The van der Waals surface area contributed by atoms with Crippen LogP contribution in [0.1, 0.15) is 81.6 Å². The highest BCUT2D eigenvalue weighted by atomic mass is 16.2. The lowest BCUT2D eigenvalue weighted by atomic mass is 9.96.